The smallest absolute Gasteiger partial charge is 0.225 e. The van der Waals surface area contributed by atoms with Crippen LogP contribution >= 0.6 is 11.3 Å². The van der Waals surface area contributed by atoms with Crippen LogP contribution in [0.4, 0.5) is 0 Å². The molecule has 0 aromatic carbocycles. The summed E-state index contributed by atoms with van der Waals surface area (Å²) in [7, 11) is 1.62. The number of carbonyl (C=O) groups excluding carboxylic acids is 1. The van der Waals surface area contributed by atoms with E-state index in [4.69, 9.17) is 0 Å². The molecule has 1 rings (SSSR count). The fourth-order valence-electron chi connectivity index (χ4n) is 0.578. The van der Waals surface area contributed by atoms with Gasteiger partial charge >= 0.3 is 0 Å². The van der Waals surface area contributed by atoms with Crippen LogP contribution in [0.5, 0.6) is 0 Å². The number of carbonyl (C=O) groups is 1. The molecule has 0 aliphatic heterocycles. The second-order valence-electron chi connectivity index (χ2n) is 1.83. The number of rotatable bonds is 2. The Bertz CT molecular complexity index is 209. The molecule has 1 heterocycles. The van der Waals surface area contributed by atoms with Crippen molar-refractivity contribution >= 4 is 17.2 Å². The van der Waals surface area contributed by atoms with Crippen LogP contribution in [0.25, 0.3) is 0 Å². The highest BCUT2D eigenvalue weighted by Gasteiger charge is 2.00. The molecule has 1 N–H and O–H groups in total. The first-order chi connectivity index (χ1) is 5.83. The number of aromatic nitrogens is 1. The fraction of sp³-hybridized carbons (Fsp3) is 0.500. The zero-order valence-electron chi connectivity index (χ0n) is 7.63. The molecule has 0 radical (unpaired) electrons. The van der Waals surface area contributed by atoms with E-state index in [9.17, 15) is 4.79 Å². The predicted molar refractivity (Wildman–Crippen MR) is 51.2 cm³/mol. The summed E-state index contributed by atoms with van der Waals surface area (Å²) < 4.78 is 0. The molecule has 0 saturated carbocycles. The van der Waals surface area contributed by atoms with Gasteiger partial charge in [-0.15, -0.1) is 11.3 Å². The Kier molecular flexibility index (Phi) is 6.28. The molecule has 0 spiro atoms. The van der Waals surface area contributed by atoms with E-state index in [0.29, 0.717) is 6.42 Å². The zero-order valence-corrected chi connectivity index (χ0v) is 8.44. The van der Waals surface area contributed by atoms with Gasteiger partial charge in [0, 0.05) is 12.4 Å². The van der Waals surface area contributed by atoms with Crippen molar-refractivity contribution in [3.63, 3.8) is 0 Å². The van der Waals surface area contributed by atoms with Crippen molar-refractivity contribution in [2.75, 3.05) is 7.05 Å². The summed E-state index contributed by atoms with van der Waals surface area (Å²) >= 11 is 1.50. The molecule has 0 aliphatic rings. The summed E-state index contributed by atoms with van der Waals surface area (Å²) in [6.45, 7) is 4.00. The van der Waals surface area contributed by atoms with E-state index in [0.717, 1.165) is 5.69 Å². The van der Waals surface area contributed by atoms with E-state index in [-0.39, 0.29) is 5.91 Å². The van der Waals surface area contributed by atoms with Crippen LogP contribution in [0.3, 0.4) is 0 Å². The van der Waals surface area contributed by atoms with Crippen molar-refractivity contribution in [1.82, 2.24) is 10.3 Å². The van der Waals surface area contributed by atoms with E-state index < -0.39 is 0 Å². The lowest BCUT2D eigenvalue weighted by molar-refractivity contribution is -0.120. The van der Waals surface area contributed by atoms with Crippen LogP contribution in [0, 0.1) is 0 Å². The molecule has 1 aromatic rings. The Labute approximate surface area is 76.8 Å². The molecule has 12 heavy (non-hydrogen) atoms. The Hall–Kier alpha value is -0.900. The molecule has 0 saturated heterocycles. The van der Waals surface area contributed by atoms with Crippen molar-refractivity contribution in [3.8, 4) is 0 Å². The molecule has 0 bridgehead atoms. The van der Waals surface area contributed by atoms with Crippen LogP contribution in [0.15, 0.2) is 10.9 Å². The summed E-state index contributed by atoms with van der Waals surface area (Å²) in [5.41, 5.74) is 2.56. The third-order valence-corrected chi connectivity index (χ3v) is 1.74. The lowest BCUT2D eigenvalue weighted by Gasteiger charge is -1.93. The maximum Gasteiger partial charge on any atom is 0.225 e. The molecule has 0 atom stereocenters. The summed E-state index contributed by atoms with van der Waals surface area (Å²) in [5, 5.41) is 4.40. The zero-order chi connectivity index (χ0) is 9.40. The minimum Gasteiger partial charge on any atom is -0.359 e. The normalized spacial score (nSPS) is 8.25. The van der Waals surface area contributed by atoms with Gasteiger partial charge in [-0.3, -0.25) is 4.79 Å². The summed E-state index contributed by atoms with van der Waals surface area (Å²) in [6.07, 6.45) is 0.389. The van der Waals surface area contributed by atoms with Crippen LogP contribution in [0.1, 0.15) is 19.5 Å². The topological polar surface area (TPSA) is 42.0 Å². The highest BCUT2D eigenvalue weighted by molar-refractivity contribution is 7.07. The highest BCUT2D eigenvalue weighted by Crippen LogP contribution is 2.00. The molecule has 1 aromatic heterocycles. The number of nitrogens with zero attached hydrogens (tertiary/aromatic N) is 1. The number of amides is 1. The number of thiazole rings is 1. The molecular weight excluding hydrogens is 172 g/mol. The van der Waals surface area contributed by atoms with E-state index in [1.165, 1.54) is 11.3 Å². The number of hydrogen-bond donors (Lipinski definition) is 1. The monoisotopic (exact) mass is 186 g/mol. The minimum absolute atomic E-state index is 0.00546. The second kappa shape index (κ2) is 6.79. The van der Waals surface area contributed by atoms with Gasteiger partial charge in [-0.05, 0) is 0 Å². The third kappa shape index (κ3) is 4.08. The molecule has 0 aliphatic carbocycles. The molecule has 0 fully saturated rings. The van der Waals surface area contributed by atoms with Crippen LogP contribution in [-0.2, 0) is 11.2 Å². The number of nitrogens with one attached hydrogen (secondary N) is 1. The first kappa shape index (κ1) is 11.1. The first-order valence-electron chi connectivity index (χ1n) is 3.90. The maximum absolute atomic E-state index is 10.7. The lowest BCUT2D eigenvalue weighted by Crippen LogP contribution is -2.19. The molecule has 4 heteroatoms. The Morgan fingerprint density at radius 2 is 2.33 bits per heavy atom. The van der Waals surface area contributed by atoms with Gasteiger partial charge in [-0.1, -0.05) is 13.8 Å². The molecule has 1 amide bonds. The average molecular weight is 186 g/mol. The molecule has 0 unspecified atom stereocenters. The van der Waals surface area contributed by atoms with E-state index in [1.54, 1.807) is 12.6 Å². The highest BCUT2D eigenvalue weighted by atomic mass is 32.1. The Morgan fingerprint density at radius 3 is 2.75 bits per heavy atom. The first-order valence-corrected chi connectivity index (χ1v) is 4.85. The van der Waals surface area contributed by atoms with E-state index >= 15 is 0 Å². The van der Waals surface area contributed by atoms with Gasteiger partial charge in [0.15, 0.2) is 0 Å². The third-order valence-electron chi connectivity index (χ3n) is 1.10. The Morgan fingerprint density at radius 1 is 1.67 bits per heavy atom. The summed E-state index contributed by atoms with van der Waals surface area (Å²) in [4.78, 5) is 14.7. The van der Waals surface area contributed by atoms with E-state index in [2.05, 4.69) is 10.3 Å². The van der Waals surface area contributed by atoms with Crippen LogP contribution < -0.4 is 5.32 Å². The van der Waals surface area contributed by atoms with Gasteiger partial charge in [0.1, 0.15) is 0 Å². The summed E-state index contributed by atoms with van der Waals surface area (Å²) in [5.74, 6) is 0.00546. The van der Waals surface area contributed by atoms with Crippen molar-refractivity contribution in [2.45, 2.75) is 20.3 Å². The van der Waals surface area contributed by atoms with Gasteiger partial charge in [0.2, 0.25) is 5.91 Å². The van der Waals surface area contributed by atoms with Gasteiger partial charge in [-0.25, -0.2) is 4.98 Å². The molecular formula is C8H14N2OS. The number of hydrogen-bond acceptors (Lipinski definition) is 3. The predicted octanol–water partition coefficient (Wildman–Crippen LogP) is 1.46. The lowest BCUT2D eigenvalue weighted by atomic mass is 10.3. The summed E-state index contributed by atoms with van der Waals surface area (Å²) in [6, 6.07) is 0. The van der Waals surface area contributed by atoms with Gasteiger partial charge < -0.3 is 5.32 Å². The van der Waals surface area contributed by atoms with Crippen molar-refractivity contribution in [3.05, 3.63) is 16.6 Å². The van der Waals surface area contributed by atoms with Gasteiger partial charge in [-0.2, -0.15) is 0 Å². The molecule has 3 nitrogen and oxygen atoms in total. The minimum atomic E-state index is 0.00546. The van der Waals surface area contributed by atoms with Crippen molar-refractivity contribution in [1.29, 1.82) is 0 Å². The van der Waals surface area contributed by atoms with Crippen LogP contribution in [0.2, 0.25) is 0 Å². The van der Waals surface area contributed by atoms with Crippen molar-refractivity contribution in [2.24, 2.45) is 0 Å². The van der Waals surface area contributed by atoms with Gasteiger partial charge in [0.05, 0.1) is 17.6 Å². The SMILES string of the molecule is CC.CNC(=O)Cc1cscn1. The quantitative estimate of drug-likeness (QED) is 0.759. The molecule has 68 valence electrons. The standard InChI is InChI=1S/C6H8N2OS.C2H6/c1-7-6(9)2-5-3-10-4-8-5;1-2/h3-4H,2H2,1H3,(H,7,9);1-2H3. The fourth-order valence-corrected chi connectivity index (χ4v) is 1.14. The van der Waals surface area contributed by atoms with E-state index in [1.807, 2.05) is 19.2 Å². The maximum atomic E-state index is 10.7. The van der Waals surface area contributed by atoms with Crippen molar-refractivity contribution < 1.29 is 4.79 Å². The Balaban J connectivity index is 0.000000561. The number of likely N-dealkylation sites (N-methyl/N-ethyl adjacent to an activating group) is 1. The van der Waals surface area contributed by atoms with Gasteiger partial charge in [0.25, 0.3) is 0 Å². The average Bonchev–Trinajstić information content (AvgIpc) is 2.60. The van der Waals surface area contributed by atoms with Crippen LogP contribution in [-0.4, -0.2) is 17.9 Å². The second-order valence-corrected chi connectivity index (χ2v) is 2.55. The largest absolute Gasteiger partial charge is 0.359 e.